The Labute approximate surface area is 278 Å². The number of nitriles is 1. The summed E-state index contributed by atoms with van der Waals surface area (Å²) in [6.45, 7) is 7.59. The normalized spacial score (nSPS) is 14.4. The molecular weight excluding hydrogens is 670 g/mol. The lowest BCUT2D eigenvalue weighted by molar-refractivity contribution is -0.139. The number of carbonyl (C=O) groups is 1. The molecular formula is C35H32BrN3O6S. The summed E-state index contributed by atoms with van der Waals surface area (Å²) in [5.74, 6) is 0.854. The first-order valence-electron chi connectivity index (χ1n) is 14.6. The van der Waals surface area contributed by atoms with Crippen LogP contribution in [0.4, 0.5) is 0 Å². The van der Waals surface area contributed by atoms with Gasteiger partial charge >= 0.3 is 5.97 Å². The number of allylic oxidation sites excluding steroid dienone is 1. The zero-order valence-electron chi connectivity index (χ0n) is 26.0. The number of hydrogen-bond acceptors (Lipinski definition) is 9. The Balaban J connectivity index is 1.70. The third kappa shape index (κ3) is 6.64. The summed E-state index contributed by atoms with van der Waals surface area (Å²) >= 11 is 4.74. The second kappa shape index (κ2) is 14.2. The van der Waals surface area contributed by atoms with Gasteiger partial charge in [0.25, 0.3) is 5.56 Å². The minimum absolute atomic E-state index is 0.110. The van der Waals surface area contributed by atoms with Gasteiger partial charge in [0.05, 0.1) is 47.3 Å². The number of hydrogen-bond donors (Lipinski definition) is 0. The molecule has 0 fully saturated rings. The number of benzene rings is 3. The van der Waals surface area contributed by atoms with Crippen molar-refractivity contribution in [3.63, 3.8) is 0 Å². The van der Waals surface area contributed by atoms with Gasteiger partial charge in [0.2, 0.25) is 0 Å². The Hall–Kier alpha value is -4.66. The molecule has 46 heavy (non-hydrogen) atoms. The highest BCUT2D eigenvalue weighted by Crippen LogP contribution is 2.38. The number of rotatable bonds is 10. The molecule has 0 aliphatic carbocycles. The summed E-state index contributed by atoms with van der Waals surface area (Å²) < 4.78 is 26.1. The molecule has 1 aliphatic rings. The number of methoxy groups -OCH3 is 1. The molecule has 0 saturated carbocycles. The number of nitrogens with zero attached hydrogens (tertiary/aromatic N) is 3. The summed E-state index contributed by atoms with van der Waals surface area (Å²) in [5, 5.41) is 9.55. The first kappa shape index (κ1) is 32.7. The fourth-order valence-electron chi connectivity index (χ4n) is 5.20. The molecule has 0 unspecified atom stereocenters. The second-order valence-electron chi connectivity index (χ2n) is 10.6. The van der Waals surface area contributed by atoms with E-state index in [1.165, 1.54) is 23.0 Å². The molecule has 0 N–H and O–H groups in total. The fourth-order valence-corrected chi connectivity index (χ4v) is 6.69. The maximum Gasteiger partial charge on any atom is 0.338 e. The minimum Gasteiger partial charge on any atom is -0.493 e. The molecule has 0 bridgehead atoms. The van der Waals surface area contributed by atoms with Crippen molar-refractivity contribution in [3.8, 4) is 23.3 Å². The van der Waals surface area contributed by atoms with Crippen molar-refractivity contribution in [2.75, 3.05) is 13.7 Å². The number of fused-ring (bicyclic) bond motifs is 1. The van der Waals surface area contributed by atoms with Crippen LogP contribution in [-0.4, -0.2) is 30.4 Å². The van der Waals surface area contributed by atoms with Crippen LogP contribution in [0, 0.1) is 11.3 Å². The average molecular weight is 703 g/mol. The van der Waals surface area contributed by atoms with Gasteiger partial charge in [0.15, 0.2) is 16.3 Å². The molecule has 0 radical (unpaired) electrons. The van der Waals surface area contributed by atoms with Crippen molar-refractivity contribution >= 4 is 39.3 Å². The quantitative estimate of drug-likeness (QED) is 0.192. The number of para-hydroxylation sites is 1. The molecule has 9 nitrogen and oxygen atoms in total. The van der Waals surface area contributed by atoms with Crippen LogP contribution in [0.1, 0.15) is 56.0 Å². The Morgan fingerprint density at radius 3 is 2.61 bits per heavy atom. The van der Waals surface area contributed by atoms with E-state index in [0.717, 1.165) is 0 Å². The molecule has 0 amide bonds. The van der Waals surface area contributed by atoms with Gasteiger partial charge in [-0.05, 0) is 58.0 Å². The van der Waals surface area contributed by atoms with Gasteiger partial charge in [-0.1, -0.05) is 63.7 Å². The molecule has 5 rings (SSSR count). The summed E-state index contributed by atoms with van der Waals surface area (Å²) in [5.41, 5.74) is 2.82. The zero-order chi connectivity index (χ0) is 33.0. The van der Waals surface area contributed by atoms with E-state index in [1.54, 1.807) is 38.1 Å². The number of thiazole rings is 1. The number of esters is 1. The monoisotopic (exact) mass is 701 g/mol. The maximum atomic E-state index is 14.3. The molecule has 1 aliphatic heterocycles. The van der Waals surface area contributed by atoms with Crippen molar-refractivity contribution in [3.05, 3.63) is 118 Å². The smallest absolute Gasteiger partial charge is 0.338 e. The summed E-state index contributed by atoms with van der Waals surface area (Å²) in [6.07, 6.45) is 1.58. The first-order chi connectivity index (χ1) is 22.2. The van der Waals surface area contributed by atoms with Crippen LogP contribution in [-0.2, 0) is 16.1 Å². The third-order valence-electron chi connectivity index (χ3n) is 7.16. The average Bonchev–Trinajstić information content (AvgIpc) is 3.33. The van der Waals surface area contributed by atoms with Gasteiger partial charge < -0.3 is 18.9 Å². The van der Waals surface area contributed by atoms with Gasteiger partial charge in [0, 0.05) is 21.2 Å². The van der Waals surface area contributed by atoms with Crippen LogP contribution in [0.3, 0.4) is 0 Å². The third-order valence-corrected chi connectivity index (χ3v) is 8.60. The standard InChI is InChI=1S/C35H32BrN3O6S/c1-6-43-34(41)30-21(4)38-35-39(31(30)26-13-9-10-14-27(26)45-20(2)3)33(40)29(46-35)16-24-15-25(36)17-28(42-5)32(24)44-19-23-12-8-7-11-22(23)18-37/h7-17,20,31H,6,19H2,1-5H3/b29-16-/t31-/m1/s1. The van der Waals surface area contributed by atoms with E-state index in [1.807, 2.05) is 56.3 Å². The van der Waals surface area contributed by atoms with Crippen molar-refractivity contribution in [1.82, 2.24) is 4.57 Å². The Morgan fingerprint density at radius 1 is 1.15 bits per heavy atom. The molecule has 0 spiro atoms. The van der Waals surface area contributed by atoms with Crippen molar-refractivity contribution in [2.45, 2.75) is 46.4 Å². The molecule has 2 heterocycles. The molecule has 3 aromatic carbocycles. The van der Waals surface area contributed by atoms with E-state index in [9.17, 15) is 14.9 Å². The lowest BCUT2D eigenvalue weighted by atomic mass is 9.95. The number of aromatic nitrogens is 1. The van der Waals surface area contributed by atoms with Gasteiger partial charge in [-0.3, -0.25) is 9.36 Å². The van der Waals surface area contributed by atoms with E-state index >= 15 is 0 Å². The van der Waals surface area contributed by atoms with Gasteiger partial charge in [-0.2, -0.15) is 5.26 Å². The van der Waals surface area contributed by atoms with Crippen molar-refractivity contribution < 1.29 is 23.7 Å². The highest BCUT2D eigenvalue weighted by Gasteiger charge is 2.35. The van der Waals surface area contributed by atoms with Crippen LogP contribution < -0.4 is 29.1 Å². The van der Waals surface area contributed by atoms with Crippen LogP contribution in [0.2, 0.25) is 0 Å². The molecule has 4 aromatic rings. The Bertz CT molecular complexity index is 2060. The van der Waals surface area contributed by atoms with E-state index in [4.69, 9.17) is 23.9 Å². The lowest BCUT2D eigenvalue weighted by Gasteiger charge is -2.26. The first-order valence-corrected chi connectivity index (χ1v) is 16.2. The van der Waals surface area contributed by atoms with E-state index in [0.29, 0.717) is 59.0 Å². The zero-order valence-corrected chi connectivity index (χ0v) is 28.4. The Kier molecular flexibility index (Phi) is 10.1. The maximum absolute atomic E-state index is 14.3. The molecule has 236 valence electrons. The van der Waals surface area contributed by atoms with Crippen LogP contribution in [0.5, 0.6) is 17.2 Å². The van der Waals surface area contributed by atoms with Gasteiger partial charge in [-0.15, -0.1) is 0 Å². The summed E-state index contributed by atoms with van der Waals surface area (Å²) in [4.78, 5) is 32.8. The number of ether oxygens (including phenoxy) is 4. The number of halogens is 1. The molecule has 1 atom stereocenters. The van der Waals surface area contributed by atoms with Gasteiger partial charge in [-0.25, -0.2) is 9.79 Å². The van der Waals surface area contributed by atoms with E-state index in [2.05, 4.69) is 22.0 Å². The Morgan fingerprint density at radius 2 is 1.89 bits per heavy atom. The van der Waals surface area contributed by atoms with Crippen LogP contribution in [0.15, 0.2) is 86.2 Å². The number of carbonyl (C=O) groups excluding carboxylic acids is 1. The van der Waals surface area contributed by atoms with Crippen molar-refractivity contribution in [1.29, 1.82) is 5.26 Å². The van der Waals surface area contributed by atoms with Crippen molar-refractivity contribution in [2.24, 2.45) is 4.99 Å². The molecule has 11 heteroatoms. The summed E-state index contributed by atoms with van der Waals surface area (Å²) in [6, 6.07) is 19.5. The van der Waals surface area contributed by atoms with E-state index in [-0.39, 0.29) is 30.5 Å². The highest BCUT2D eigenvalue weighted by molar-refractivity contribution is 9.10. The second-order valence-corrected chi connectivity index (χ2v) is 12.5. The predicted molar refractivity (Wildman–Crippen MR) is 179 cm³/mol. The lowest BCUT2D eigenvalue weighted by Crippen LogP contribution is -2.40. The fraction of sp³-hybridized carbons (Fsp3) is 0.257. The predicted octanol–water partition coefficient (Wildman–Crippen LogP) is 5.81. The van der Waals surface area contributed by atoms with Gasteiger partial charge in [0.1, 0.15) is 18.4 Å². The summed E-state index contributed by atoms with van der Waals surface area (Å²) in [7, 11) is 1.53. The topological polar surface area (TPSA) is 112 Å². The van der Waals surface area contributed by atoms with Crippen LogP contribution >= 0.6 is 27.3 Å². The SMILES string of the molecule is CCOC(=O)C1=C(C)N=c2s/c(=C\c3cc(Br)cc(OC)c3OCc3ccccc3C#N)c(=O)n2[C@@H]1c1ccccc1OC(C)C. The van der Waals surface area contributed by atoms with E-state index < -0.39 is 12.0 Å². The van der Waals surface area contributed by atoms with Crippen LogP contribution in [0.25, 0.3) is 6.08 Å². The minimum atomic E-state index is -0.831. The largest absolute Gasteiger partial charge is 0.493 e. The molecule has 1 aromatic heterocycles. The highest BCUT2D eigenvalue weighted by atomic mass is 79.9. The molecule has 0 saturated heterocycles.